The van der Waals surface area contributed by atoms with E-state index in [0.29, 0.717) is 5.13 Å². The van der Waals surface area contributed by atoms with Gasteiger partial charge in [-0.25, -0.2) is 0 Å². The Morgan fingerprint density at radius 1 is 1.29 bits per heavy atom. The second-order valence-corrected chi connectivity index (χ2v) is 6.39. The summed E-state index contributed by atoms with van der Waals surface area (Å²) in [5.74, 6) is -1.05. The number of imide groups is 1. The number of aromatic nitrogens is 2. The number of hydrogen-bond acceptors (Lipinski definition) is 6. The quantitative estimate of drug-likeness (QED) is 0.640. The molecule has 108 valence electrons. The molecule has 1 saturated heterocycles. The number of carbonyl (C=O) groups is 3. The number of nitrogens with one attached hydrogen (secondary N) is 1. The molecule has 7 nitrogen and oxygen atoms in total. The summed E-state index contributed by atoms with van der Waals surface area (Å²) in [4.78, 5) is 37.8. The predicted octanol–water partition coefficient (Wildman–Crippen LogP) is 0.284. The maximum Gasteiger partial charge on any atom is 0.246 e. The van der Waals surface area contributed by atoms with Gasteiger partial charge in [0.25, 0.3) is 0 Å². The number of fused-ring (bicyclic) bond motifs is 5. The van der Waals surface area contributed by atoms with Crippen molar-refractivity contribution in [1.82, 2.24) is 15.1 Å². The number of nitrogens with zero attached hydrogens (tertiary/aromatic N) is 3. The van der Waals surface area contributed by atoms with Gasteiger partial charge in [0.05, 0.1) is 11.8 Å². The average molecular weight is 304 g/mol. The highest BCUT2D eigenvalue weighted by molar-refractivity contribution is 7.13. The number of amides is 3. The van der Waals surface area contributed by atoms with E-state index in [4.69, 9.17) is 0 Å². The molecular weight excluding hydrogens is 292 g/mol. The van der Waals surface area contributed by atoms with E-state index in [0.717, 1.165) is 11.3 Å². The Bertz CT molecular complexity index is 626. The van der Waals surface area contributed by atoms with E-state index in [-0.39, 0.29) is 42.0 Å². The van der Waals surface area contributed by atoms with Crippen molar-refractivity contribution in [2.45, 2.75) is 6.42 Å². The molecule has 1 aromatic rings. The average Bonchev–Trinajstić information content (AvgIpc) is 3.20. The maximum absolute atomic E-state index is 12.4. The van der Waals surface area contributed by atoms with Gasteiger partial charge in [-0.1, -0.05) is 23.5 Å². The second-order valence-electron chi connectivity index (χ2n) is 5.55. The van der Waals surface area contributed by atoms with Gasteiger partial charge >= 0.3 is 0 Å². The lowest BCUT2D eigenvalue weighted by atomic mass is 9.85. The first kappa shape index (κ1) is 12.6. The fourth-order valence-electron chi connectivity index (χ4n) is 3.65. The summed E-state index contributed by atoms with van der Waals surface area (Å²) in [6, 6.07) is 0. The molecule has 1 aromatic heterocycles. The van der Waals surface area contributed by atoms with E-state index in [2.05, 4.69) is 15.5 Å². The molecule has 3 aliphatic rings. The SMILES string of the molecule is O=C(CN1C(=O)[C@@H]2[C@@H](C1=O)[C@H]1C=C[C@H]2C1)Nc1nncs1. The van der Waals surface area contributed by atoms with Crippen LogP contribution in [0.1, 0.15) is 6.42 Å². The Balaban J connectivity index is 1.48. The van der Waals surface area contributed by atoms with Gasteiger partial charge in [-0.2, -0.15) is 0 Å². The van der Waals surface area contributed by atoms with Crippen LogP contribution in [0.5, 0.6) is 0 Å². The number of likely N-dealkylation sites (tertiary alicyclic amines) is 1. The van der Waals surface area contributed by atoms with Crippen LogP contribution in [0.15, 0.2) is 17.7 Å². The number of rotatable bonds is 3. The van der Waals surface area contributed by atoms with Crippen LogP contribution < -0.4 is 5.32 Å². The van der Waals surface area contributed by atoms with Crippen LogP contribution in [0.2, 0.25) is 0 Å². The first-order valence-corrected chi connectivity index (χ1v) is 7.62. The molecular formula is C13H12N4O3S. The van der Waals surface area contributed by atoms with Crippen LogP contribution in [-0.2, 0) is 14.4 Å². The van der Waals surface area contributed by atoms with E-state index >= 15 is 0 Å². The Morgan fingerprint density at radius 2 is 1.95 bits per heavy atom. The summed E-state index contributed by atoms with van der Waals surface area (Å²) in [5.41, 5.74) is 1.50. The molecule has 2 heterocycles. The zero-order valence-corrected chi connectivity index (χ0v) is 11.7. The van der Waals surface area contributed by atoms with Crippen LogP contribution in [0, 0.1) is 23.7 Å². The molecule has 8 heteroatoms. The summed E-state index contributed by atoms with van der Waals surface area (Å²) in [5, 5.41) is 10.2. The van der Waals surface area contributed by atoms with Gasteiger partial charge in [0.2, 0.25) is 22.9 Å². The topological polar surface area (TPSA) is 92.3 Å². The van der Waals surface area contributed by atoms with Gasteiger partial charge in [-0.05, 0) is 18.3 Å². The molecule has 4 atom stereocenters. The summed E-state index contributed by atoms with van der Waals surface area (Å²) in [7, 11) is 0. The van der Waals surface area contributed by atoms with E-state index in [9.17, 15) is 14.4 Å². The molecule has 3 amide bonds. The van der Waals surface area contributed by atoms with E-state index in [1.807, 2.05) is 12.2 Å². The maximum atomic E-state index is 12.4. The van der Waals surface area contributed by atoms with Gasteiger partial charge in [-0.15, -0.1) is 10.2 Å². The van der Waals surface area contributed by atoms with Gasteiger partial charge in [-0.3, -0.25) is 24.6 Å². The van der Waals surface area contributed by atoms with E-state index in [1.165, 1.54) is 16.8 Å². The van der Waals surface area contributed by atoms with Crippen molar-refractivity contribution in [3.63, 3.8) is 0 Å². The fourth-order valence-corrected chi connectivity index (χ4v) is 4.11. The molecule has 1 aliphatic heterocycles. The number of anilines is 1. The highest BCUT2D eigenvalue weighted by Gasteiger charge is 2.59. The van der Waals surface area contributed by atoms with Crippen LogP contribution in [0.4, 0.5) is 5.13 Å². The van der Waals surface area contributed by atoms with Gasteiger partial charge in [0.1, 0.15) is 12.1 Å². The molecule has 1 saturated carbocycles. The Hall–Kier alpha value is -2.09. The summed E-state index contributed by atoms with van der Waals surface area (Å²) in [6.07, 6.45) is 4.95. The predicted molar refractivity (Wildman–Crippen MR) is 73.0 cm³/mol. The third kappa shape index (κ3) is 1.82. The molecule has 2 fully saturated rings. The van der Waals surface area contributed by atoms with Crippen LogP contribution >= 0.6 is 11.3 Å². The Labute approximate surface area is 124 Å². The minimum atomic E-state index is -0.422. The van der Waals surface area contributed by atoms with Crippen LogP contribution in [0.25, 0.3) is 0 Å². The first-order valence-electron chi connectivity index (χ1n) is 6.74. The third-order valence-corrected chi connectivity index (χ3v) is 5.08. The van der Waals surface area contributed by atoms with Crippen molar-refractivity contribution in [3.8, 4) is 0 Å². The second kappa shape index (κ2) is 4.45. The lowest BCUT2D eigenvalue weighted by molar-refractivity contribution is -0.143. The molecule has 0 spiro atoms. The van der Waals surface area contributed by atoms with Crippen molar-refractivity contribution < 1.29 is 14.4 Å². The van der Waals surface area contributed by atoms with Crippen LogP contribution in [0.3, 0.4) is 0 Å². The Kier molecular flexibility index (Phi) is 2.68. The minimum absolute atomic E-state index is 0.160. The Morgan fingerprint density at radius 3 is 2.52 bits per heavy atom. The number of allylic oxidation sites excluding steroid dienone is 2. The minimum Gasteiger partial charge on any atom is -0.299 e. The van der Waals surface area contributed by atoms with E-state index in [1.54, 1.807) is 0 Å². The van der Waals surface area contributed by atoms with Crippen LogP contribution in [-0.4, -0.2) is 39.4 Å². The zero-order chi connectivity index (χ0) is 14.6. The van der Waals surface area contributed by atoms with Crippen molar-refractivity contribution in [2.24, 2.45) is 23.7 Å². The van der Waals surface area contributed by atoms with Crippen molar-refractivity contribution >= 4 is 34.2 Å². The molecule has 2 aliphatic carbocycles. The molecule has 21 heavy (non-hydrogen) atoms. The molecule has 4 rings (SSSR count). The van der Waals surface area contributed by atoms with E-state index < -0.39 is 5.91 Å². The summed E-state index contributed by atoms with van der Waals surface area (Å²) < 4.78 is 0. The van der Waals surface area contributed by atoms with Gasteiger partial charge < -0.3 is 0 Å². The fraction of sp³-hybridized carbons (Fsp3) is 0.462. The molecule has 0 radical (unpaired) electrons. The molecule has 2 bridgehead atoms. The third-order valence-electron chi connectivity index (χ3n) is 4.47. The number of carbonyl (C=O) groups excluding carboxylic acids is 3. The van der Waals surface area contributed by atoms with Crippen molar-refractivity contribution in [1.29, 1.82) is 0 Å². The monoisotopic (exact) mass is 304 g/mol. The lowest BCUT2D eigenvalue weighted by Gasteiger charge is -2.16. The summed E-state index contributed by atoms with van der Waals surface area (Å²) >= 11 is 1.19. The summed E-state index contributed by atoms with van der Waals surface area (Å²) in [6.45, 7) is -0.246. The highest BCUT2D eigenvalue weighted by Crippen LogP contribution is 2.52. The van der Waals surface area contributed by atoms with Gasteiger partial charge in [0.15, 0.2) is 0 Å². The largest absolute Gasteiger partial charge is 0.299 e. The highest BCUT2D eigenvalue weighted by atomic mass is 32.1. The molecule has 0 unspecified atom stereocenters. The molecule has 0 aromatic carbocycles. The van der Waals surface area contributed by atoms with Crippen molar-refractivity contribution in [2.75, 3.05) is 11.9 Å². The smallest absolute Gasteiger partial charge is 0.246 e. The lowest BCUT2D eigenvalue weighted by Crippen LogP contribution is -2.39. The first-order chi connectivity index (χ1) is 10.1. The van der Waals surface area contributed by atoms with Crippen molar-refractivity contribution in [3.05, 3.63) is 17.7 Å². The molecule has 1 N–H and O–H groups in total. The number of hydrogen-bond donors (Lipinski definition) is 1. The normalized spacial score (nSPS) is 32.9. The zero-order valence-electron chi connectivity index (χ0n) is 10.9. The van der Waals surface area contributed by atoms with Gasteiger partial charge in [0, 0.05) is 0 Å². The standard InChI is InChI=1S/C13H12N4O3S/c18-8(15-13-16-14-5-21-13)4-17-11(19)9-6-1-2-7(3-6)10(9)12(17)20/h1-2,5-7,9-10H,3-4H2,(H,15,16,18)/t6-,7-,9-,10-/m0/s1.